The third-order valence-corrected chi connectivity index (χ3v) is 6.00. The fraction of sp³-hybridized carbons (Fsp3) is 0.480. The number of fused-ring (bicyclic) bond motifs is 3. The number of H-pyrrole nitrogens is 1. The zero-order valence-electron chi connectivity index (χ0n) is 19.7. The molecule has 0 bridgehead atoms. The fourth-order valence-corrected chi connectivity index (χ4v) is 4.33. The maximum atomic E-state index is 11.9. The van der Waals surface area contributed by atoms with Gasteiger partial charge < -0.3 is 25.7 Å². The van der Waals surface area contributed by atoms with Crippen LogP contribution in [0.2, 0.25) is 0 Å². The number of carbonyl (C=O) groups is 1. The summed E-state index contributed by atoms with van der Waals surface area (Å²) in [6, 6.07) is 7.95. The first-order chi connectivity index (χ1) is 16.0. The van der Waals surface area contributed by atoms with Gasteiger partial charge in [-0.05, 0) is 68.0 Å². The topological polar surface area (TPSA) is 104 Å². The van der Waals surface area contributed by atoms with Crippen molar-refractivity contribution in [3.8, 4) is 0 Å². The van der Waals surface area contributed by atoms with E-state index in [9.17, 15) is 4.79 Å². The Labute approximate surface area is 194 Å². The molecule has 1 aliphatic carbocycles. The summed E-state index contributed by atoms with van der Waals surface area (Å²) in [6.45, 7) is 6.92. The lowest BCUT2D eigenvalue weighted by Gasteiger charge is -2.24. The van der Waals surface area contributed by atoms with E-state index in [1.165, 1.54) is 18.4 Å². The van der Waals surface area contributed by atoms with E-state index < -0.39 is 0 Å². The van der Waals surface area contributed by atoms with Crippen molar-refractivity contribution >= 4 is 28.6 Å². The molecule has 1 aromatic carbocycles. The molecular weight excluding hydrogens is 416 g/mol. The first-order valence-electron chi connectivity index (χ1n) is 11.8. The van der Waals surface area contributed by atoms with Crippen LogP contribution in [0.3, 0.4) is 0 Å². The minimum atomic E-state index is -0.295. The summed E-state index contributed by atoms with van der Waals surface area (Å²) in [5.41, 5.74) is 4.25. The van der Waals surface area contributed by atoms with E-state index in [1.807, 2.05) is 24.3 Å². The number of carbonyl (C=O) groups excluding carboxylic acids is 1. The molecule has 8 nitrogen and oxygen atoms in total. The first-order valence-corrected chi connectivity index (χ1v) is 11.8. The highest BCUT2D eigenvalue weighted by atomic mass is 16.5. The standard InChI is InChI=1S/C25H34N6O2/c1-16(2)15-29-25-28-13-10-22(31-25)27-12-5-11-26-21-7-4-6-18-19-14-17(24(32)33-3)8-9-20(19)30-23(18)21/h8-10,13-14,16,21,26,30H,4-7,11-12,15H2,1-3H3,(H2,27,28,29,31). The average molecular weight is 451 g/mol. The molecule has 33 heavy (non-hydrogen) atoms. The van der Waals surface area contributed by atoms with Gasteiger partial charge in [-0.3, -0.25) is 0 Å². The van der Waals surface area contributed by atoms with E-state index in [-0.39, 0.29) is 5.97 Å². The lowest BCUT2D eigenvalue weighted by molar-refractivity contribution is 0.0601. The quantitative estimate of drug-likeness (QED) is 0.270. The average Bonchev–Trinajstić information content (AvgIpc) is 3.21. The molecule has 0 aliphatic heterocycles. The lowest BCUT2D eigenvalue weighted by Crippen LogP contribution is -2.27. The number of hydrogen-bond acceptors (Lipinski definition) is 7. The SMILES string of the molecule is COC(=O)c1ccc2[nH]c3c(c2c1)CCCC3NCCCNc1ccnc(NCC(C)C)n1. The van der Waals surface area contributed by atoms with Gasteiger partial charge in [-0.2, -0.15) is 4.98 Å². The van der Waals surface area contributed by atoms with Crippen molar-refractivity contribution in [1.29, 1.82) is 0 Å². The van der Waals surface area contributed by atoms with E-state index in [4.69, 9.17) is 4.74 Å². The Bertz CT molecular complexity index is 1090. The van der Waals surface area contributed by atoms with Crippen LogP contribution < -0.4 is 16.0 Å². The van der Waals surface area contributed by atoms with E-state index >= 15 is 0 Å². The molecule has 0 radical (unpaired) electrons. The monoisotopic (exact) mass is 450 g/mol. The van der Waals surface area contributed by atoms with Gasteiger partial charge in [0, 0.05) is 41.9 Å². The van der Waals surface area contributed by atoms with Crippen LogP contribution in [0.25, 0.3) is 10.9 Å². The molecule has 0 saturated carbocycles. The van der Waals surface area contributed by atoms with Crippen LogP contribution in [-0.2, 0) is 11.2 Å². The molecule has 0 saturated heterocycles. The molecule has 2 heterocycles. The molecule has 0 fully saturated rings. The van der Waals surface area contributed by atoms with Gasteiger partial charge in [0.25, 0.3) is 0 Å². The Kier molecular flexibility index (Phi) is 7.44. The highest BCUT2D eigenvalue weighted by Crippen LogP contribution is 2.35. The van der Waals surface area contributed by atoms with Gasteiger partial charge >= 0.3 is 5.97 Å². The molecular formula is C25H34N6O2. The normalized spacial score (nSPS) is 15.5. The van der Waals surface area contributed by atoms with E-state index in [2.05, 4.69) is 44.7 Å². The summed E-state index contributed by atoms with van der Waals surface area (Å²) in [6.07, 6.45) is 6.03. The zero-order chi connectivity index (χ0) is 23.2. The highest BCUT2D eigenvalue weighted by Gasteiger charge is 2.24. The number of nitrogens with one attached hydrogen (secondary N) is 4. The second kappa shape index (κ2) is 10.7. The number of aromatic nitrogens is 3. The lowest BCUT2D eigenvalue weighted by atomic mass is 9.91. The number of benzene rings is 1. The smallest absolute Gasteiger partial charge is 0.337 e. The minimum absolute atomic E-state index is 0.295. The fourth-order valence-electron chi connectivity index (χ4n) is 4.33. The summed E-state index contributed by atoms with van der Waals surface area (Å²) in [4.78, 5) is 24.3. The molecule has 0 amide bonds. The van der Waals surface area contributed by atoms with Crippen molar-refractivity contribution in [1.82, 2.24) is 20.3 Å². The van der Waals surface area contributed by atoms with Gasteiger partial charge in [0.05, 0.1) is 12.7 Å². The molecule has 4 rings (SSSR count). The second-order valence-corrected chi connectivity index (χ2v) is 8.99. The van der Waals surface area contributed by atoms with Crippen molar-refractivity contribution in [2.45, 2.75) is 45.6 Å². The molecule has 1 atom stereocenters. The predicted octanol–water partition coefficient (Wildman–Crippen LogP) is 4.28. The van der Waals surface area contributed by atoms with Gasteiger partial charge in [-0.25, -0.2) is 9.78 Å². The number of esters is 1. The molecule has 8 heteroatoms. The largest absolute Gasteiger partial charge is 0.465 e. The first kappa shape index (κ1) is 23.0. The highest BCUT2D eigenvalue weighted by molar-refractivity contribution is 5.96. The minimum Gasteiger partial charge on any atom is -0.465 e. The Balaban J connectivity index is 1.31. The van der Waals surface area contributed by atoms with Gasteiger partial charge in [0.15, 0.2) is 0 Å². The molecule has 1 aliphatic rings. The van der Waals surface area contributed by atoms with E-state index in [1.54, 1.807) is 6.20 Å². The van der Waals surface area contributed by atoms with Crippen LogP contribution in [0.4, 0.5) is 11.8 Å². The molecule has 0 spiro atoms. The Morgan fingerprint density at radius 2 is 2.12 bits per heavy atom. The van der Waals surface area contributed by atoms with Crippen LogP contribution in [0, 0.1) is 5.92 Å². The zero-order valence-corrected chi connectivity index (χ0v) is 19.7. The third-order valence-electron chi connectivity index (χ3n) is 6.00. The van der Waals surface area contributed by atoms with Crippen LogP contribution in [0.1, 0.15) is 60.8 Å². The predicted molar refractivity (Wildman–Crippen MR) is 132 cm³/mol. The summed E-state index contributed by atoms with van der Waals surface area (Å²) in [5, 5.41) is 11.5. The number of rotatable bonds is 10. The van der Waals surface area contributed by atoms with Crippen molar-refractivity contribution in [3.05, 3.63) is 47.3 Å². The van der Waals surface area contributed by atoms with Crippen molar-refractivity contribution in [2.75, 3.05) is 37.4 Å². The van der Waals surface area contributed by atoms with Crippen molar-refractivity contribution in [2.24, 2.45) is 5.92 Å². The van der Waals surface area contributed by atoms with Crippen LogP contribution in [0.15, 0.2) is 30.5 Å². The second-order valence-electron chi connectivity index (χ2n) is 8.99. The van der Waals surface area contributed by atoms with Crippen molar-refractivity contribution < 1.29 is 9.53 Å². The summed E-state index contributed by atoms with van der Waals surface area (Å²) >= 11 is 0. The molecule has 3 aromatic rings. The van der Waals surface area contributed by atoms with E-state index in [0.717, 1.165) is 62.0 Å². The maximum Gasteiger partial charge on any atom is 0.337 e. The van der Waals surface area contributed by atoms with Crippen LogP contribution >= 0.6 is 0 Å². The number of aromatic amines is 1. The van der Waals surface area contributed by atoms with Gasteiger partial charge in [-0.15, -0.1) is 0 Å². The van der Waals surface area contributed by atoms with Crippen molar-refractivity contribution in [3.63, 3.8) is 0 Å². The van der Waals surface area contributed by atoms with Gasteiger partial charge in [0.1, 0.15) is 5.82 Å². The number of hydrogen-bond donors (Lipinski definition) is 4. The Morgan fingerprint density at radius 3 is 2.94 bits per heavy atom. The Hall–Kier alpha value is -3.13. The third kappa shape index (κ3) is 5.63. The number of ether oxygens (including phenoxy) is 1. The van der Waals surface area contributed by atoms with Crippen LogP contribution in [-0.4, -0.2) is 47.7 Å². The van der Waals surface area contributed by atoms with E-state index in [0.29, 0.717) is 23.5 Å². The summed E-state index contributed by atoms with van der Waals surface area (Å²) in [7, 11) is 1.42. The molecule has 2 aromatic heterocycles. The Morgan fingerprint density at radius 1 is 1.24 bits per heavy atom. The number of nitrogens with zero attached hydrogens (tertiary/aromatic N) is 2. The molecule has 176 valence electrons. The van der Waals surface area contributed by atoms with Gasteiger partial charge in [0.2, 0.25) is 5.95 Å². The number of anilines is 2. The summed E-state index contributed by atoms with van der Waals surface area (Å²) in [5.74, 6) is 1.75. The molecule has 1 unspecified atom stereocenters. The van der Waals surface area contributed by atoms with Crippen LogP contribution in [0.5, 0.6) is 0 Å². The summed E-state index contributed by atoms with van der Waals surface area (Å²) < 4.78 is 4.88. The van der Waals surface area contributed by atoms with Gasteiger partial charge in [-0.1, -0.05) is 13.8 Å². The number of methoxy groups -OCH3 is 1. The molecule has 4 N–H and O–H groups in total. The maximum absolute atomic E-state index is 11.9. The number of aryl methyl sites for hydroxylation is 1.